The molecule has 7 nitrogen and oxygen atoms in total. The Bertz CT molecular complexity index is 439. The highest BCUT2D eigenvalue weighted by Crippen LogP contribution is 2.17. The van der Waals surface area contributed by atoms with Crippen LogP contribution in [0.2, 0.25) is 0 Å². The number of carbonyl (C=O) groups is 1. The van der Waals surface area contributed by atoms with Crippen LogP contribution in [0.5, 0.6) is 5.88 Å². The summed E-state index contributed by atoms with van der Waals surface area (Å²) in [5.41, 5.74) is 6.20. The van der Waals surface area contributed by atoms with Crippen LogP contribution < -0.4 is 10.5 Å². The van der Waals surface area contributed by atoms with E-state index in [1.165, 1.54) is 12.3 Å². The number of rotatable bonds is 10. The first-order chi connectivity index (χ1) is 10.2. The summed E-state index contributed by atoms with van der Waals surface area (Å²) in [4.78, 5) is 15.7. The van der Waals surface area contributed by atoms with Crippen molar-refractivity contribution >= 4 is 11.7 Å². The number of methoxy groups -OCH3 is 1. The molecule has 0 unspecified atom stereocenters. The molecule has 0 saturated heterocycles. The summed E-state index contributed by atoms with van der Waals surface area (Å²) in [6.45, 7) is 4.07. The Balaban J connectivity index is 2.38. The molecule has 1 aromatic heterocycles. The van der Waals surface area contributed by atoms with Crippen LogP contribution in [0, 0.1) is 0 Å². The lowest BCUT2D eigenvalue weighted by Crippen LogP contribution is -2.12. The maximum absolute atomic E-state index is 11.7. The second-order valence-electron chi connectivity index (χ2n) is 4.14. The Morgan fingerprint density at radius 1 is 1.29 bits per heavy atom. The van der Waals surface area contributed by atoms with Gasteiger partial charge in [-0.3, -0.25) is 0 Å². The number of hydrogen-bond acceptors (Lipinski definition) is 7. The molecular formula is C14H22N2O5. The van der Waals surface area contributed by atoms with Crippen molar-refractivity contribution in [2.45, 2.75) is 13.3 Å². The number of hydrogen-bond donors (Lipinski definition) is 1. The maximum atomic E-state index is 11.7. The highest BCUT2D eigenvalue weighted by atomic mass is 16.5. The number of ether oxygens (including phenoxy) is 4. The van der Waals surface area contributed by atoms with Gasteiger partial charge in [0.2, 0.25) is 5.88 Å². The Morgan fingerprint density at radius 2 is 2.10 bits per heavy atom. The predicted octanol–water partition coefficient (Wildman–Crippen LogP) is 1.27. The quantitative estimate of drug-likeness (QED) is 0.513. The molecule has 7 heteroatoms. The van der Waals surface area contributed by atoms with Crippen molar-refractivity contribution < 1.29 is 23.7 Å². The fourth-order valence-electron chi connectivity index (χ4n) is 1.52. The second kappa shape index (κ2) is 9.95. The van der Waals surface area contributed by atoms with Gasteiger partial charge in [-0.1, -0.05) is 0 Å². The molecule has 0 radical (unpaired) electrons. The number of nitrogen functional groups attached to an aromatic ring is 1. The molecule has 118 valence electrons. The summed E-state index contributed by atoms with van der Waals surface area (Å²) in [6, 6.07) is 1.47. The first-order valence-corrected chi connectivity index (χ1v) is 6.81. The van der Waals surface area contributed by atoms with Crippen LogP contribution in [0.1, 0.15) is 23.7 Å². The summed E-state index contributed by atoms with van der Waals surface area (Å²) in [5.74, 6) is -0.175. The summed E-state index contributed by atoms with van der Waals surface area (Å²) >= 11 is 0. The van der Waals surface area contributed by atoms with E-state index in [0.717, 1.165) is 6.42 Å². The Labute approximate surface area is 124 Å². The molecule has 0 aromatic carbocycles. The third kappa shape index (κ3) is 6.42. The largest absolute Gasteiger partial charge is 0.475 e. The molecule has 1 heterocycles. The summed E-state index contributed by atoms with van der Waals surface area (Å²) in [7, 11) is 1.65. The van der Waals surface area contributed by atoms with Gasteiger partial charge < -0.3 is 24.7 Å². The van der Waals surface area contributed by atoms with E-state index < -0.39 is 5.97 Å². The van der Waals surface area contributed by atoms with Gasteiger partial charge in [0.25, 0.3) is 0 Å². The maximum Gasteiger partial charge on any atom is 0.340 e. The number of carbonyl (C=O) groups excluding carboxylic acids is 1. The van der Waals surface area contributed by atoms with Crippen molar-refractivity contribution in [1.82, 2.24) is 4.98 Å². The van der Waals surface area contributed by atoms with Crippen LogP contribution >= 0.6 is 0 Å². The van der Waals surface area contributed by atoms with Gasteiger partial charge in [0.1, 0.15) is 6.61 Å². The number of nitrogens with two attached hydrogens (primary N) is 1. The van der Waals surface area contributed by atoms with Crippen molar-refractivity contribution in [3.8, 4) is 5.88 Å². The van der Waals surface area contributed by atoms with E-state index in [2.05, 4.69) is 4.98 Å². The minimum absolute atomic E-state index is 0.253. The van der Waals surface area contributed by atoms with E-state index in [9.17, 15) is 4.79 Å². The molecule has 1 rings (SSSR count). The highest BCUT2D eigenvalue weighted by Gasteiger charge is 2.12. The Hall–Kier alpha value is -1.86. The van der Waals surface area contributed by atoms with Crippen LogP contribution in [0.15, 0.2) is 12.3 Å². The normalized spacial score (nSPS) is 10.4. The lowest BCUT2D eigenvalue weighted by molar-refractivity contribution is 0.0526. The molecular weight excluding hydrogens is 276 g/mol. The molecule has 0 saturated carbocycles. The van der Waals surface area contributed by atoms with Crippen LogP contribution in [-0.4, -0.2) is 51.1 Å². The van der Waals surface area contributed by atoms with Gasteiger partial charge in [0.05, 0.1) is 30.7 Å². The van der Waals surface area contributed by atoms with Crippen LogP contribution in [-0.2, 0) is 14.2 Å². The molecule has 1 aromatic rings. The summed E-state index contributed by atoms with van der Waals surface area (Å²) in [6.07, 6.45) is 2.21. The zero-order valence-electron chi connectivity index (χ0n) is 12.5. The van der Waals surface area contributed by atoms with Gasteiger partial charge in [-0.2, -0.15) is 0 Å². The van der Waals surface area contributed by atoms with Gasteiger partial charge in [0, 0.05) is 26.4 Å². The molecule has 0 amide bonds. The number of pyridine rings is 1. The Kier molecular flexibility index (Phi) is 8.15. The molecule has 0 aliphatic heterocycles. The zero-order valence-corrected chi connectivity index (χ0v) is 12.5. The number of nitrogens with zero attached hydrogens (tertiary/aromatic N) is 1. The van der Waals surface area contributed by atoms with E-state index in [0.29, 0.717) is 32.3 Å². The number of aromatic nitrogens is 1. The predicted molar refractivity (Wildman–Crippen MR) is 77.4 cm³/mol. The molecule has 0 atom stereocenters. The van der Waals surface area contributed by atoms with E-state index in [1.54, 1.807) is 14.0 Å². The molecule has 21 heavy (non-hydrogen) atoms. The first kappa shape index (κ1) is 17.2. The minimum atomic E-state index is -0.488. The molecule has 0 aliphatic carbocycles. The van der Waals surface area contributed by atoms with Gasteiger partial charge in [0.15, 0.2) is 0 Å². The number of anilines is 1. The third-order valence-electron chi connectivity index (χ3n) is 2.52. The fraction of sp³-hybridized carbons (Fsp3) is 0.571. The summed E-state index contributed by atoms with van der Waals surface area (Å²) in [5, 5.41) is 0. The monoisotopic (exact) mass is 298 g/mol. The number of esters is 1. The van der Waals surface area contributed by atoms with Gasteiger partial charge in [-0.05, 0) is 13.3 Å². The second-order valence-corrected chi connectivity index (χ2v) is 4.14. The summed E-state index contributed by atoms with van der Waals surface area (Å²) < 4.78 is 20.6. The third-order valence-corrected chi connectivity index (χ3v) is 2.52. The smallest absolute Gasteiger partial charge is 0.340 e. The molecule has 0 fully saturated rings. The highest BCUT2D eigenvalue weighted by molar-refractivity contribution is 5.95. The zero-order chi connectivity index (χ0) is 15.5. The standard InChI is InChI=1S/C14H22N2O5/c1-3-20-14(17)11-9-13(16-10-12(11)15)21-8-7-19-6-4-5-18-2/h9-10H,3-8,15H2,1-2H3. The average molecular weight is 298 g/mol. The molecule has 0 aliphatic rings. The average Bonchev–Trinajstić information content (AvgIpc) is 2.48. The van der Waals surface area contributed by atoms with E-state index in [1.807, 2.05) is 0 Å². The SMILES string of the molecule is CCOC(=O)c1cc(OCCOCCCOC)ncc1N. The minimum Gasteiger partial charge on any atom is -0.475 e. The van der Waals surface area contributed by atoms with E-state index in [-0.39, 0.29) is 17.9 Å². The lowest BCUT2D eigenvalue weighted by Gasteiger charge is -2.09. The van der Waals surface area contributed by atoms with Crippen molar-refractivity contribution in [1.29, 1.82) is 0 Å². The first-order valence-electron chi connectivity index (χ1n) is 6.81. The van der Waals surface area contributed by atoms with Crippen molar-refractivity contribution in [2.24, 2.45) is 0 Å². The van der Waals surface area contributed by atoms with Gasteiger partial charge in [-0.15, -0.1) is 0 Å². The van der Waals surface area contributed by atoms with Crippen LogP contribution in [0.4, 0.5) is 5.69 Å². The van der Waals surface area contributed by atoms with E-state index in [4.69, 9.17) is 24.7 Å². The van der Waals surface area contributed by atoms with Crippen LogP contribution in [0.3, 0.4) is 0 Å². The van der Waals surface area contributed by atoms with Gasteiger partial charge >= 0.3 is 5.97 Å². The van der Waals surface area contributed by atoms with Crippen molar-refractivity contribution in [2.75, 3.05) is 45.9 Å². The van der Waals surface area contributed by atoms with Crippen LogP contribution in [0.25, 0.3) is 0 Å². The fourth-order valence-corrected chi connectivity index (χ4v) is 1.52. The van der Waals surface area contributed by atoms with Crippen molar-refractivity contribution in [3.63, 3.8) is 0 Å². The van der Waals surface area contributed by atoms with Gasteiger partial charge in [-0.25, -0.2) is 9.78 Å². The molecule has 2 N–H and O–H groups in total. The van der Waals surface area contributed by atoms with Crippen molar-refractivity contribution in [3.05, 3.63) is 17.8 Å². The topological polar surface area (TPSA) is 92.9 Å². The molecule has 0 bridgehead atoms. The molecule has 0 spiro atoms. The Morgan fingerprint density at radius 3 is 2.81 bits per heavy atom. The van der Waals surface area contributed by atoms with E-state index >= 15 is 0 Å². The lowest BCUT2D eigenvalue weighted by atomic mass is 10.2.